The SMILES string of the molecule is C=CC=C(COC)C(C)=NOS(C)(=O)=O. The third kappa shape index (κ3) is 6.87. The van der Waals surface area contributed by atoms with Gasteiger partial charge < -0.3 is 4.74 Å². The van der Waals surface area contributed by atoms with Crippen LogP contribution in [-0.4, -0.2) is 34.1 Å². The minimum absolute atomic E-state index is 0.314. The molecule has 86 valence electrons. The summed E-state index contributed by atoms with van der Waals surface area (Å²) < 4.78 is 30.5. The zero-order valence-corrected chi connectivity index (χ0v) is 9.87. The van der Waals surface area contributed by atoms with Gasteiger partial charge in [-0.2, -0.15) is 8.42 Å². The number of allylic oxidation sites excluding steroid dienone is 2. The fourth-order valence-corrected chi connectivity index (χ4v) is 1.00. The van der Waals surface area contributed by atoms with Gasteiger partial charge in [-0.1, -0.05) is 23.9 Å². The fraction of sp³-hybridized carbons (Fsp3) is 0.444. The molecule has 0 saturated heterocycles. The van der Waals surface area contributed by atoms with Gasteiger partial charge in [-0.15, -0.1) is 0 Å². The van der Waals surface area contributed by atoms with Crippen LogP contribution >= 0.6 is 0 Å². The van der Waals surface area contributed by atoms with E-state index in [1.807, 2.05) is 0 Å². The summed E-state index contributed by atoms with van der Waals surface area (Å²) in [7, 11) is -2.03. The Bertz CT molecular complexity index is 368. The second-order valence-corrected chi connectivity index (χ2v) is 4.37. The molecule has 0 saturated carbocycles. The molecular weight excluding hydrogens is 218 g/mol. The van der Waals surface area contributed by atoms with Crippen LogP contribution in [0.15, 0.2) is 29.5 Å². The van der Waals surface area contributed by atoms with E-state index in [9.17, 15) is 8.42 Å². The number of rotatable bonds is 6. The first-order valence-corrected chi connectivity index (χ1v) is 5.96. The molecule has 0 spiro atoms. The van der Waals surface area contributed by atoms with Crippen molar-refractivity contribution in [3.63, 3.8) is 0 Å². The molecule has 0 heterocycles. The van der Waals surface area contributed by atoms with Crippen LogP contribution in [0, 0.1) is 0 Å². The van der Waals surface area contributed by atoms with Crippen LogP contribution < -0.4 is 0 Å². The summed E-state index contributed by atoms with van der Waals surface area (Å²) in [4.78, 5) is 0. The highest BCUT2D eigenvalue weighted by molar-refractivity contribution is 7.85. The van der Waals surface area contributed by atoms with Gasteiger partial charge in [-0.05, 0) is 6.92 Å². The Balaban J connectivity index is 4.71. The van der Waals surface area contributed by atoms with E-state index in [0.29, 0.717) is 17.9 Å². The highest BCUT2D eigenvalue weighted by Gasteiger charge is 2.04. The summed E-state index contributed by atoms with van der Waals surface area (Å²) in [6.45, 7) is 5.47. The van der Waals surface area contributed by atoms with Gasteiger partial charge in [0.05, 0.1) is 18.6 Å². The lowest BCUT2D eigenvalue weighted by molar-refractivity contribution is 0.229. The molecule has 0 unspecified atom stereocenters. The number of hydrogen-bond donors (Lipinski definition) is 0. The Morgan fingerprint density at radius 2 is 2.13 bits per heavy atom. The van der Waals surface area contributed by atoms with Gasteiger partial charge in [-0.25, -0.2) is 0 Å². The third-order valence-electron chi connectivity index (χ3n) is 1.39. The smallest absolute Gasteiger partial charge is 0.325 e. The summed E-state index contributed by atoms with van der Waals surface area (Å²) in [5.41, 5.74) is 1.14. The third-order valence-corrected chi connectivity index (χ3v) is 1.74. The average molecular weight is 233 g/mol. The Kier molecular flexibility index (Phi) is 5.88. The molecule has 5 nitrogen and oxygen atoms in total. The van der Waals surface area contributed by atoms with Crippen LogP contribution in [0.5, 0.6) is 0 Å². The van der Waals surface area contributed by atoms with Gasteiger partial charge in [0.2, 0.25) is 0 Å². The lowest BCUT2D eigenvalue weighted by atomic mass is 10.2. The maximum Gasteiger partial charge on any atom is 0.325 e. The predicted molar refractivity (Wildman–Crippen MR) is 59.2 cm³/mol. The number of methoxy groups -OCH3 is 1. The summed E-state index contributed by atoms with van der Waals surface area (Å²) in [5, 5.41) is 3.47. The maximum atomic E-state index is 10.7. The van der Waals surface area contributed by atoms with Crippen LogP contribution in [0.2, 0.25) is 0 Å². The molecule has 0 amide bonds. The monoisotopic (exact) mass is 233 g/mol. The van der Waals surface area contributed by atoms with E-state index in [1.54, 1.807) is 19.1 Å². The van der Waals surface area contributed by atoms with Crippen molar-refractivity contribution < 1.29 is 17.4 Å². The highest BCUT2D eigenvalue weighted by atomic mass is 32.2. The number of hydrogen-bond acceptors (Lipinski definition) is 5. The van der Waals surface area contributed by atoms with E-state index >= 15 is 0 Å². The number of ether oxygens (including phenoxy) is 1. The Morgan fingerprint density at radius 1 is 1.53 bits per heavy atom. The zero-order valence-electron chi connectivity index (χ0n) is 9.06. The van der Waals surface area contributed by atoms with Crippen LogP contribution in [0.3, 0.4) is 0 Å². The molecule has 0 rings (SSSR count). The van der Waals surface area contributed by atoms with Crippen molar-refractivity contribution in [3.05, 3.63) is 24.3 Å². The average Bonchev–Trinajstić information content (AvgIpc) is 2.13. The lowest BCUT2D eigenvalue weighted by Crippen LogP contribution is -2.07. The second-order valence-electron chi connectivity index (χ2n) is 2.82. The predicted octanol–water partition coefficient (Wildman–Crippen LogP) is 1.10. The molecule has 0 N–H and O–H groups in total. The molecule has 0 aromatic heterocycles. The molecule has 15 heavy (non-hydrogen) atoms. The topological polar surface area (TPSA) is 65.0 Å². The van der Waals surface area contributed by atoms with Gasteiger partial charge in [0.15, 0.2) is 0 Å². The van der Waals surface area contributed by atoms with Crippen molar-refractivity contribution in [1.29, 1.82) is 0 Å². The van der Waals surface area contributed by atoms with Gasteiger partial charge >= 0.3 is 10.1 Å². The van der Waals surface area contributed by atoms with Gasteiger partial charge in [-0.3, -0.25) is 4.28 Å². The minimum atomic E-state index is -3.56. The Hall–Kier alpha value is -1.14. The first-order chi connectivity index (χ1) is 6.90. The van der Waals surface area contributed by atoms with E-state index in [1.165, 1.54) is 7.11 Å². The minimum Gasteiger partial charge on any atom is -0.380 e. The first-order valence-electron chi connectivity index (χ1n) is 4.15. The molecule has 0 aliphatic heterocycles. The molecule has 0 aromatic carbocycles. The summed E-state index contributed by atoms with van der Waals surface area (Å²) in [6, 6.07) is 0. The van der Waals surface area contributed by atoms with Crippen molar-refractivity contribution >= 4 is 15.8 Å². The van der Waals surface area contributed by atoms with Gasteiger partial charge in [0.25, 0.3) is 0 Å². The molecule has 6 heteroatoms. The Labute approximate surface area is 90.2 Å². The molecule has 0 aliphatic rings. The normalized spacial score (nSPS) is 13.8. The Morgan fingerprint density at radius 3 is 2.53 bits per heavy atom. The van der Waals surface area contributed by atoms with Gasteiger partial charge in [0, 0.05) is 12.7 Å². The molecule has 0 fully saturated rings. The summed E-state index contributed by atoms with van der Waals surface area (Å²) >= 11 is 0. The van der Waals surface area contributed by atoms with Crippen molar-refractivity contribution in [1.82, 2.24) is 0 Å². The van der Waals surface area contributed by atoms with Crippen molar-refractivity contribution in [2.75, 3.05) is 20.0 Å². The molecule has 0 aliphatic carbocycles. The number of oxime groups is 1. The van der Waals surface area contributed by atoms with Crippen LogP contribution in [0.25, 0.3) is 0 Å². The lowest BCUT2D eigenvalue weighted by Gasteiger charge is -2.04. The zero-order chi connectivity index (χ0) is 11.9. The van der Waals surface area contributed by atoms with Crippen molar-refractivity contribution in [2.45, 2.75) is 6.92 Å². The van der Waals surface area contributed by atoms with Gasteiger partial charge in [0.1, 0.15) is 0 Å². The fourth-order valence-electron chi connectivity index (χ4n) is 0.753. The maximum absolute atomic E-state index is 10.7. The second kappa shape index (κ2) is 6.36. The largest absolute Gasteiger partial charge is 0.380 e. The van der Waals surface area contributed by atoms with E-state index in [4.69, 9.17) is 4.74 Å². The summed E-state index contributed by atoms with van der Waals surface area (Å²) in [5.74, 6) is 0. The molecule has 0 atom stereocenters. The van der Waals surface area contributed by atoms with Crippen molar-refractivity contribution in [2.24, 2.45) is 5.16 Å². The van der Waals surface area contributed by atoms with E-state index in [2.05, 4.69) is 16.0 Å². The molecule has 0 bridgehead atoms. The number of nitrogens with zero attached hydrogens (tertiary/aromatic N) is 1. The van der Waals surface area contributed by atoms with Crippen LogP contribution in [0.1, 0.15) is 6.92 Å². The quantitative estimate of drug-likeness (QED) is 0.391. The van der Waals surface area contributed by atoms with Crippen molar-refractivity contribution in [3.8, 4) is 0 Å². The van der Waals surface area contributed by atoms with Crippen LogP contribution in [0.4, 0.5) is 0 Å². The standard InChI is InChI=1S/C9H15NO4S/c1-5-6-9(7-13-3)8(2)10-14-15(4,11)12/h5-6H,1,7H2,2-4H3. The van der Waals surface area contributed by atoms with E-state index in [0.717, 1.165) is 6.26 Å². The highest BCUT2D eigenvalue weighted by Crippen LogP contribution is 2.01. The first kappa shape index (κ1) is 13.9. The van der Waals surface area contributed by atoms with E-state index in [-0.39, 0.29) is 0 Å². The van der Waals surface area contributed by atoms with E-state index < -0.39 is 10.1 Å². The summed E-state index contributed by atoms with van der Waals surface area (Å²) in [6.07, 6.45) is 4.17. The van der Waals surface area contributed by atoms with Crippen LogP contribution in [-0.2, 0) is 19.1 Å². The molecular formula is C9H15NO4S. The molecule has 0 aromatic rings. The molecule has 0 radical (unpaired) electrons.